The van der Waals surface area contributed by atoms with Crippen molar-refractivity contribution in [3.63, 3.8) is 0 Å². The Morgan fingerprint density at radius 3 is 1.93 bits per heavy atom. The molecule has 0 saturated carbocycles. The van der Waals surface area contributed by atoms with Crippen LogP contribution in [-0.2, 0) is 6.54 Å². The van der Waals surface area contributed by atoms with Gasteiger partial charge in [-0.25, -0.2) is 4.57 Å². The number of unbranched alkanes of at least 4 members (excludes halogenated alkanes) is 13. The molecule has 0 aromatic carbocycles. The highest BCUT2D eigenvalue weighted by Gasteiger charge is 2.25. The van der Waals surface area contributed by atoms with Gasteiger partial charge in [-0.15, -0.1) is 0 Å². The van der Waals surface area contributed by atoms with Crippen LogP contribution in [0.25, 0.3) is 0 Å². The van der Waals surface area contributed by atoms with Gasteiger partial charge in [0.15, 0.2) is 0 Å². The first kappa shape index (κ1) is 25.9. The lowest BCUT2D eigenvalue weighted by Gasteiger charge is -2.14. The first-order valence-corrected chi connectivity index (χ1v) is 12.9. The van der Waals surface area contributed by atoms with Crippen LogP contribution in [0.3, 0.4) is 0 Å². The molecular weight excluding hydrogens is 428 g/mol. The summed E-state index contributed by atoms with van der Waals surface area (Å²) in [6.45, 7) is 8.31. The van der Waals surface area contributed by atoms with Gasteiger partial charge in [-0.1, -0.05) is 95.3 Å². The summed E-state index contributed by atoms with van der Waals surface area (Å²) in [4.78, 5) is 2.66. The zero-order valence-corrected chi connectivity index (χ0v) is 21.1. The molecule has 1 aromatic rings. The summed E-state index contributed by atoms with van der Waals surface area (Å²) in [5.41, 5.74) is 1.45. The third-order valence-corrected chi connectivity index (χ3v) is 7.25. The molecule has 4 heteroatoms. The Kier molecular flexibility index (Phi) is 15.5. The van der Waals surface area contributed by atoms with Crippen molar-refractivity contribution in [2.75, 3.05) is 18.0 Å². The molecule has 1 aliphatic rings. The largest absolute Gasteiger partial charge is 1.00 e. The minimum absolute atomic E-state index is 0. The van der Waals surface area contributed by atoms with Crippen LogP contribution < -0.4 is 26.4 Å². The van der Waals surface area contributed by atoms with E-state index < -0.39 is 0 Å². The van der Waals surface area contributed by atoms with Crippen LogP contribution in [0, 0.1) is 6.92 Å². The zero-order chi connectivity index (χ0) is 19.2. The molecule has 0 atom stereocenters. The maximum atomic E-state index is 2.66. The maximum Gasteiger partial charge on any atom is 0.336 e. The number of hydrogen-bond acceptors (Lipinski definition) is 2. The molecule has 0 fully saturated rings. The first-order valence-electron chi connectivity index (χ1n) is 12.1. The van der Waals surface area contributed by atoms with Crippen molar-refractivity contribution in [2.24, 2.45) is 0 Å². The molecule has 0 N–H and O–H groups in total. The van der Waals surface area contributed by atoms with E-state index in [2.05, 4.69) is 28.7 Å². The van der Waals surface area contributed by atoms with Crippen molar-refractivity contribution in [3.05, 3.63) is 11.1 Å². The number of aromatic nitrogens is 1. The molecule has 1 aliphatic heterocycles. The topological polar surface area (TPSA) is 7.12 Å². The maximum absolute atomic E-state index is 2.66. The molecule has 0 amide bonds. The lowest BCUT2D eigenvalue weighted by Crippen LogP contribution is -3.00. The van der Waals surface area contributed by atoms with Crippen LogP contribution in [0.2, 0.25) is 0 Å². The Balaban J connectivity index is 0.00000392. The Bertz CT molecular complexity index is 489. The molecule has 0 spiro atoms. The lowest BCUT2D eigenvalue weighted by molar-refractivity contribution is -0.685. The normalized spacial score (nSPS) is 13.9. The monoisotopic (exact) mass is 472 g/mol. The van der Waals surface area contributed by atoms with Crippen LogP contribution in [0.1, 0.15) is 115 Å². The van der Waals surface area contributed by atoms with Gasteiger partial charge in [-0.3, -0.25) is 4.90 Å². The van der Waals surface area contributed by atoms with Crippen LogP contribution >= 0.6 is 11.3 Å². The van der Waals surface area contributed by atoms with Crippen molar-refractivity contribution in [2.45, 2.75) is 123 Å². The Hall–Kier alpha value is -0.0900. The number of nitrogens with zero attached hydrogens (tertiary/aromatic N) is 2. The van der Waals surface area contributed by atoms with Crippen molar-refractivity contribution >= 4 is 16.5 Å². The molecule has 2 heterocycles. The van der Waals surface area contributed by atoms with Gasteiger partial charge in [-0.05, 0) is 32.6 Å². The predicted molar refractivity (Wildman–Crippen MR) is 121 cm³/mol. The van der Waals surface area contributed by atoms with Gasteiger partial charge >= 0.3 is 5.13 Å². The van der Waals surface area contributed by atoms with Crippen molar-refractivity contribution in [3.8, 4) is 0 Å². The number of thiazole rings is 1. The third-order valence-electron chi connectivity index (χ3n) is 6.10. The first-order chi connectivity index (χ1) is 13.3. The average molecular weight is 474 g/mol. The van der Waals surface area contributed by atoms with E-state index in [0.717, 1.165) is 0 Å². The van der Waals surface area contributed by atoms with E-state index in [9.17, 15) is 0 Å². The van der Waals surface area contributed by atoms with Gasteiger partial charge in [0, 0.05) is 5.38 Å². The van der Waals surface area contributed by atoms with E-state index in [1.54, 1.807) is 0 Å². The van der Waals surface area contributed by atoms with Gasteiger partial charge < -0.3 is 17.0 Å². The van der Waals surface area contributed by atoms with Crippen molar-refractivity contribution in [1.29, 1.82) is 0 Å². The van der Waals surface area contributed by atoms with E-state index in [-0.39, 0.29) is 17.0 Å². The molecule has 2 rings (SSSR count). The highest BCUT2D eigenvalue weighted by Crippen LogP contribution is 2.22. The van der Waals surface area contributed by atoms with Gasteiger partial charge in [0.05, 0.1) is 19.6 Å². The number of rotatable bonds is 15. The standard InChI is InChI=1S/C24H45N2S.BrH/c1-3-4-5-6-7-8-9-10-11-12-13-14-15-16-19-25-20-17-18-21-26-23(2)22-27-24(25)26;/h22H,3-21H2,1-2H3;1H/q+1;/p-1. The average Bonchev–Trinajstić information content (AvgIpc) is 2.91. The second-order valence-electron chi connectivity index (χ2n) is 8.60. The second kappa shape index (κ2) is 16.7. The molecule has 28 heavy (non-hydrogen) atoms. The molecular formula is C24H45BrN2S. The Labute approximate surface area is 189 Å². The fourth-order valence-electron chi connectivity index (χ4n) is 4.31. The van der Waals surface area contributed by atoms with Gasteiger partial charge in [0.25, 0.3) is 0 Å². The minimum atomic E-state index is 0. The summed E-state index contributed by atoms with van der Waals surface area (Å²) >= 11 is 1.95. The quantitative estimate of drug-likeness (QED) is 0.270. The van der Waals surface area contributed by atoms with Gasteiger partial charge in [0.2, 0.25) is 0 Å². The van der Waals surface area contributed by atoms with Crippen LogP contribution in [0.5, 0.6) is 0 Å². The van der Waals surface area contributed by atoms with Crippen molar-refractivity contribution < 1.29 is 21.5 Å². The molecule has 2 nitrogen and oxygen atoms in total. The number of aryl methyl sites for hydroxylation is 1. The molecule has 0 unspecified atom stereocenters. The molecule has 164 valence electrons. The molecule has 0 aliphatic carbocycles. The number of hydrogen-bond donors (Lipinski definition) is 0. The van der Waals surface area contributed by atoms with Crippen LogP contribution in [0.15, 0.2) is 5.38 Å². The smallest absolute Gasteiger partial charge is 0.336 e. The van der Waals surface area contributed by atoms with Gasteiger partial charge in [0.1, 0.15) is 5.69 Å². The fraction of sp³-hybridized carbons (Fsp3) is 0.875. The van der Waals surface area contributed by atoms with E-state index in [1.165, 1.54) is 133 Å². The Morgan fingerprint density at radius 1 is 0.821 bits per heavy atom. The summed E-state index contributed by atoms with van der Waals surface area (Å²) in [5, 5.41) is 3.85. The SMILES string of the molecule is CCCCCCCCCCCCCCCCN1CCCC[n+]2c(C)csc21.[Br-]. The lowest BCUT2D eigenvalue weighted by atomic mass is 10.0. The van der Waals surface area contributed by atoms with Crippen LogP contribution in [-0.4, -0.2) is 13.1 Å². The van der Waals surface area contributed by atoms with E-state index >= 15 is 0 Å². The van der Waals surface area contributed by atoms with E-state index in [4.69, 9.17) is 0 Å². The van der Waals surface area contributed by atoms with Crippen molar-refractivity contribution in [1.82, 2.24) is 0 Å². The molecule has 0 radical (unpaired) electrons. The van der Waals surface area contributed by atoms with Crippen LogP contribution in [0.4, 0.5) is 5.13 Å². The summed E-state index contributed by atoms with van der Waals surface area (Å²) in [7, 11) is 0. The predicted octanol–water partition coefficient (Wildman–Crippen LogP) is 4.43. The molecule has 1 aromatic heterocycles. The summed E-state index contributed by atoms with van der Waals surface area (Å²) in [5.74, 6) is 0. The number of anilines is 1. The zero-order valence-electron chi connectivity index (χ0n) is 18.7. The molecule has 0 saturated heterocycles. The minimum Gasteiger partial charge on any atom is -1.00 e. The number of halogens is 1. The fourth-order valence-corrected chi connectivity index (χ4v) is 5.40. The van der Waals surface area contributed by atoms with E-state index in [0.29, 0.717) is 0 Å². The number of fused-ring (bicyclic) bond motifs is 1. The van der Waals surface area contributed by atoms with Gasteiger partial charge in [-0.2, -0.15) is 0 Å². The molecule has 0 bridgehead atoms. The highest BCUT2D eigenvalue weighted by atomic mass is 79.9. The second-order valence-corrected chi connectivity index (χ2v) is 9.44. The summed E-state index contributed by atoms with van der Waals surface area (Å²) in [6.07, 6.45) is 22.9. The summed E-state index contributed by atoms with van der Waals surface area (Å²) in [6, 6.07) is 0. The highest BCUT2D eigenvalue weighted by molar-refractivity contribution is 7.13. The third kappa shape index (κ3) is 10.1. The Morgan fingerprint density at radius 2 is 1.36 bits per heavy atom. The van der Waals surface area contributed by atoms with E-state index in [1.807, 2.05) is 11.3 Å². The summed E-state index contributed by atoms with van der Waals surface area (Å²) < 4.78 is 2.54.